The molecule has 214 valence electrons. The molecule has 1 amide bonds. The number of nitrogens with zero attached hydrogens (tertiary/aromatic N) is 4. The second-order valence-electron chi connectivity index (χ2n) is 12.2. The van der Waals surface area contributed by atoms with Crippen LogP contribution in [0.1, 0.15) is 93.7 Å². The summed E-state index contributed by atoms with van der Waals surface area (Å²) >= 11 is 1.84. The molecule has 4 rings (SSSR count). The summed E-state index contributed by atoms with van der Waals surface area (Å²) in [4.78, 5) is 25.0. The van der Waals surface area contributed by atoms with Crippen molar-refractivity contribution in [3.05, 3.63) is 52.0 Å². The first kappa shape index (κ1) is 29.8. The van der Waals surface area contributed by atoms with Crippen LogP contribution in [0.25, 0.3) is 11.0 Å². The van der Waals surface area contributed by atoms with E-state index in [4.69, 9.17) is 4.98 Å². The molecule has 3 aromatic rings. The van der Waals surface area contributed by atoms with Crippen LogP contribution in [0.4, 0.5) is 0 Å². The number of rotatable bonds is 15. The molecule has 0 spiro atoms. The molecule has 0 aliphatic carbocycles. The number of carbonyl (C=O) groups is 1. The topological polar surface area (TPSA) is 41.4 Å². The van der Waals surface area contributed by atoms with Crippen LogP contribution in [-0.2, 0) is 19.4 Å². The fourth-order valence-electron chi connectivity index (χ4n) is 5.58. The van der Waals surface area contributed by atoms with E-state index in [0.717, 1.165) is 81.3 Å². The summed E-state index contributed by atoms with van der Waals surface area (Å²) in [5.41, 5.74) is 2.95. The van der Waals surface area contributed by atoms with Crippen LogP contribution in [-0.4, -0.2) is 58.0 Å². The van der Waals surface area contributed by atoms with Crippen LogP contribution in [0.5, 0.6) is 0 Å². The predicted molar refractivity (Wildman–Crippen MR) is 166 cm³/mol. The molecule has 1 aromatic carbocycles. The normalized spacial score (nSPS) is 14.6. The molecular weight excluding hydrogens is 500 g/mol. The molecule has 1 aliphatic rings. The van der Waals surface area contributed by atoms with Crippen molar-refractivity contribution in [1.82, 2.24) is 19.4 Å². The average molecular weight is 551 g/mol. The molecule has 6 heteroatoms. The summed E-state index contributed by atoms with van der Waals surface area (Å²) in [6.07, 6.45) is 10.4. The minimum absolute atomic E-state index is 0.165. The number of benzene rings is 1. The fourth-order valence-corrected chi connectivity index (χ4v) is 6.33. The Kier molecular flexibility index (Phi) is 11.5. The number of amides is 1. The molecule has 0 saturated carbocycles. The van der Waals surface area contributed by atoms with Crippen LogP contribution in [0.3, 0.4) is 0 Å². The Bertz CT molecular complexity index is 1130. The number of thiophene rings is 1. The fraction of sp³-hybridized carbons (Fsp3) is 0.636. The van der Waals surface area contributed by atoms with E-state index in [-0.39, 0.29) is 5.91 Å². The van der Waals surface area contributed by atoms with Crippen LogP contribution in [0, 0.1) is 11.8 Å². The molecule has 0 atom stereocenters. The number of hydrogen-bond donors (Lipinski definition) is 0. The van der Waals surface area contributed by atoms with Gasteiger partial charge in [-0.25, -0.2) is 4.98 Å². The highest BCUT2D eigenvalue weighted by atomic mass is 32.1. The first-order valence-corrected chi connectivity index (χ1v) is 16.3. The van der Waals surface area contributed by atoms with Gasteiger partial charge in [0.1, 0.15) is 5.82 Å². The molecule has 3 heterocycles. The number of carbonyl (C=O) groups excluding carboxylic acids is 1. The zero-order valence-electron chi connectivity index (χ0n) is 24.8. The lowest BCUT2D eigenvalue weighted by molar-refractivity contribution is 0.0741. The quantitative estimate of drug-likeness (QED) is 0.195. The van der Waals surface area contributed by atoms with Gasteiger partial charge in [0.2, 0.25) is 0 Å². The van der Waals surface area contributed by atoms with Crippen LogP contribution in [0.15, 0.2) is 35.7 Å². The number of imidazole rings is 1. The molecule has 5 nitrogen and oxygen atoms in total. The van der Waals surface area contributed by atoms with Crippen molar-refractivity contribution in [2.75, 3.05) is 32.7 Å². The van der Waals surface area contributed by atoms with Gasteiger partial charge in [-0.2, -0.15) is 0 Å². The monoisotopic (exact) mass is 550 g/mol. The summed E-state index contributed by atoms with van der Waals surface area (Å²) < 4.78 is 2.43. The lowest BCUT2D eigenvalue weighted by Crippen LogP contribution is -2.34. The summed E-state index contributed by atoms with van der Waals surface area (Å²) in [6, 6.07) is 10.6. The Morgan fingerprint density at radius 1 is 0.949 bits per heavy atom. The van der Waals surface area contributed by atoms with Crippen molar-refractivity contribution < 1.29 is 4.79 Å². The number of aromatic nitrogens is 2. The maximum Gasteiger partial charge on any atom is 0.253 e. The van der Waals surface area contributed by atoms with Gasteiger partial charge in [-0.3, -0.25) is 4.79 Å². The molecule has 0 unspecified atom stereocenters. The van der Waals surface area contributed by atoms with Crippen molar-refractivity contribution in [3.63, 3.8) is 0 Å². The average Bonchev–Trinajstić information content (AvgIpc) is 3.56. The highest BCUT2D eigenvalue weighted by molar-refractivity contribution is 7.09. The summed E-state index contributed by atoms with van der Waals surface area (Å²) in [7, 11) is 0. The molecule has 2 aromatic heterocycles. The Balaban J connectivity index is 1.54. The van der Waals surface area contributed by atoms with E-state index in [9.17, 15) is 4.79 Å². The van der Waals surface area contributed by atoms with Crippen molar-refractivity contribution >= 4 is 28.3 Å². The van der Waals surface area contributed by atoms with Crippen molar-refractivity contribution in [3.8, 4) is 0 Å². The van der Waals surface area contributed by atoms with Gasteiger partial charge in [0, 0.05) is 36.5 Å². The molecule has 0 bridgehead atoms. The number of hydrogen-bond acceptors (Lipinski definition) is 4. The van der Waals surface area contributed by atoms with Gasteiger partial charge < -0.3 is 14.4 Å². The standard InChI is InChI=1S/C33H50N4OS/c1-26(2)16-22-36(23-17-27(3)4)33(38)28-14-15-30-31(25-28)37(21-10-20-35-18-6-5-7-19-35)32(34-30)13-8-11-29-12-9-24-39-29/h9,12,14-15,24-27H,5-8,10-11,13,16-23H2,1-4H3. The third-order valence-corrected chi connectivity index (χ3v) is 8.96. The van der Waals surface area contributed by atoms with Gasteiger partial charge in [-0.15, -0.1) is 11.3 Å². The Hall–Kier alpha value is -2.18. The Morgan fingerprint density at radius 2 is 1.69 bits per heavy atom. The first-order chi connectivity index (χ1) is 18.9. The maximum absolute atomic E-state index is 13.7. The number of fused-ring (bicyclic) bond motifs is 1. The smallest absolute Gasteiger partial charge is 0.253 e. The molecular formula is C33H50N4OS. The second kappa shape index (κ2) is 15.0. The van der Waals surface area contributed by atoms with Crippen molar-refractivity contribution in [2.45, 2.75) is 92.0 Å². The molecule has 0 N–H and O–H groups in total. The third-order valence-electron chi connectivity index (χ3n) is 8.02. The first-order valence-electron chi connectivity index (χ1n) is 15.4. The SMILES string of the molecule is CC(C)CCN(CCC(C)C)C(=O)c1ccc2nc(CCCc3cccs3)n(CCCN3CCCCC3)c2c1. The van der Waals surface area contributed by atoms with Crippen LogP contribution >= 0.6 is 11.3 Å². The van der Waals surface area contributed by atoms with Gasteiger partial charge in [0.25, 0.3) is 5.91 Å². The largest absolute Gasteiger partial charge is 0.339 e. The molecule has 39 heavy (non-hydrogen) atoms. The van der Waals surface area contributed by atoms with Crippen molar-refractivity contribution in [1.29, 1.82) is 0 Å². The van der Waals surface area contributed by atoms with Gasteiger partial charge in [-0.1, -0.05) is 40.2 Å². The molecule has 1 saturated heterocycles. The van der Waals surface area contributed by atoms with E-state index in [1.807, 2.05) is 17.4 Å². The minimum Gasteiger partial charge on any atom is -0.339 e. The minimum atomic E-state index is 0.165. The number of likely N-dealkylation sites (tertiary alicyclic amines) is 1. The summed E-state index contributed by atoms with van der Waals surface area (Å²) in [6.45, 7) is 15.2. The van der Waals surface area contributed by atoms with E-state index in [1.54, 1.807) is 0 Å². The van der Waals surface area contributed by atoms with Crippen LogP contribution in [0.2, 0.25) is 0 Å². The van der Waals surface area contributed by atoms with Gasteiger partial charge in [0.05, 0.1) is 11.0 Å². The molecule has 1 fully saturated rings. The molecule has 0 radical (unpaired) electrons. The van der Waals surface area contributed by atoms with Crippen LogP contribution < -0.4 is 0 Å². The highest BCUT2D eigenvalue weighted by Crippen LogP contribution is 2.23. The summed E-state index contributed by atoms with van der Waals surface area (Å²) in [5.74, 6) is 2.50. The lowest BCUT2D eigenvalue weighted by Gasteiger charge is -2.26. The predicted octanol–water partition coefficient (Wildman–Crippen LogP) is 7.68. The molecule has 1 aliphatic heterocycles. The van der Waals surface area contributed by atoms with E-state index >= 15 is 0 Å². The van der Waals surface area contributed by atoms with E-state index in [2.05, 4.69) is 71.7 Å². The lowest BCUT2D eigenvalue weighted by atomic mass is 10.1. The zero-order valence-corrected chi connectivity index (χ0v) is 25.6. The van der Waals surface area contributed by atoms with E-state index in [1.165, 1.54) is 43.1 Å². The van der Waals surface area contributed by atoms with Gasteiger partial charge in [-0.05, 0) is 106 Å². The number of piperidine rings is 1. The van der Waals surface area contributed by atoms with E-state index in [0.29, 0.717) is 11.8 Å². The van der Waals surface area contributed by atoms with Gasteiger partial charge >= 0.3 is 0 Å². The van der Waals surface area contributed by atoms with Gasteiger partial charge in [0.15, 0.2) is 0 Å². The third kappa shape index (κ3) is 8.91. The zero-order chi connectivity index (χ0) is 27.6. The van der Waals surface area contributed by atoms with E-state index < -0.39 is 0 Å². The van der Waals surface area contributed by atoms with Crippen molar-refractivity contribution in [2.24, 2.45) is 11.8 Å². The number of aryl methyl sites for hydroxylation is 3. The Labute approximate surface area is 240 Å². The highest BCUT2D eigenvalue weighted by Gasteiger charge is 2.19. The second-order valence-corrected chi connectivity index (χ2v) is 13.3. The Morgan fingerprint density at radius 3 is 2.36 bits per heavy atom. The summed E-state index contributed by atoms with van der Waals surface area (Å²) in [5, 5.41) is 2.16. The maximum atomic E-state index is 13.7.